The quantitative estimate of drug-likeness (QED) is 0.194. The van der Waals surface area contributed by atoms with E-state index in [0.29, 0.717) is 30.9 Å². The standard InChI is InChI=1S/C27H29N5O3/c1-21-13-10-11-16-24(21)32(23-14-7-3-2-4-8-15-23)27-29-19-22(20-30-27)26(34)28-18-12-6-5-9-17-25(33)31-35/h3-4,7-8,10-11,13-14,16,19-20,35H,5-6,9,12,17-18H2,1H3,(H,28,34)(H,31,33)/b14-7-. The first kappa shape index (κ1) is 25.4. The Morgan fingerprint density at radius 2 is 1.80 bits per heavy atom. The van der Waals surface area contributed by atoms with Crippen LogP contribution in [0.3, 0.4) is 0 Å². The van der Waals surface area contributed by atoms with Gasteiger partial charge in [0.15, 0.2) is 0 Å². The summed E-state index contributed by atoms with van der Waals surface area (Å²) in [6.45, 7) is 2.54. The summed E-state index contributed by atoms with van der Waals surface area (Å²) in [5, 5.41) is 11.4. The molecule has 0 aliphatic heterocycles. The summed E-state index contributed by atoms with van der Waals surface area (Å²) >= 11 is 0. The number of hydrogen-bond donors (Lipinski definition) is 3. The van der Waals surface area contributed by atoms with E-state index in [2.05, 4.69) is 26.7 Å². The zero-order valence-electron chi connectivity index (χ0n) is 19.7. The minimum atomic E-state index is -0.380. The molecule has 35 heavy (non-hydrogen) atoms. The summed E-state index contributed by atoms with van der Waals surface area (Å²) in [5.74, 6) is -0.190. The monoisotopic (exact) mass is 471 g/mol. The van der Waals surface area contributed by atoms with Gasteiger partial charge in [-0.2, -0.15) is 0 Å². The molecule has 1 heterocycles. The second-order valence-corrected chi connectivity index (χ2v) is 7.90. The Labute approximate surface area is 205 Å². The van der Waals surface area contributed by atoms with Crippen molar-refractivity contribution in [3.05, 3.63) is 95.3 Å². The molecule has 0 saturated carbocycles. The molecule has 1 aromatic carbocycles. The maximum Gasteiger partial charge on any atom is 0.254 e. The molecule has 0 spiro atoms. The fourth-order valence-corrected chi connectivity index (χ4v) is 3.45. The van der Waals surface area contributed by atoms with Crippen molar-refractivity contribution in [2.45, 2.75) is 39.0 Å². The van der Waals surface area contributed by atoms with E-state index in [-0.39, 0.29) is 11.8 Å². The van der Waals surface area contributed by atoms with Crippen LogP contribution in [0, 0.1) is 6.92 Å². The van der Waals surface area contributed by atoms with Gasteiger partial charge in [0, 0.05) is 25.4 Å². The van der Waals surface area contributed by atoms with Crippen LogP contribution in [-0.4, -0.2) is 33.5 Å². The molecule has 0 radical (unpaired) electrons. The summed E-state index contributed by atoms with van der Waals surface area (Å²) in [4.78, 5) is 34.4. The number of aromatic nitrogens is 2. The predicted molar refractivity (Wildman–Crippen MR) is 134 cm³/mol. The number of para-hydroxylation sites is 1. The highest BCUT2D eigenvalue weighted by Gasteiger charge is 2.18. The van der Waals surface area contributed by atoms with Crippen molar-refractivity contribution in [2.75, 3.05) is 11.4 Å². The summed E-state index contributed by atoms with van der Waals surface area (Å²) < 4.78 is 0. The van der Waals surface area contributed by atoms with Gasteiger partial charge in [-0.25, -0.2) is 15.4 Å². The van der Waals surface area contributed by atoms with Crippen molar-refractivity contribution < 1.29 is 14.8 Å². The molecule has 180 valence electrons. The van der Waals surface area contributed by atoms with Crippen LogP contribution in [0.4, 0.5) is 11.6 Å². The van der Waals surface area contributed by atoms with Crippen molar-refractivity contribution in [3.63, 3.8) is 0 Å². The van der Waals surface area contributed by atoms with Crippen LogP contribution >= 0.6 is 0 Å². The Morgan fingerprint density at radius 3 is 2.57 bits per heavy atom. The van der Waals surface area contributed by atoms with Crippen LogP contribution in [0.5, 0.6) is 0 Å². The van der Waals surface area contributed by atoms with Gasteiger partial charge in [0.05, 0.1) is 16.9 Å². The molecule has 0 unspecified atom stereocenters. The lowest BCUT2D eigenvalue weighted by Gasteiger charge is -2.24. The first-order valence-electron chi connectivity index (χ1n) is 11.5. The van der Waals surface area contributed by atoms with Gasteiger partial charge in [-0.3, -0.25) is 19.7 Å². The number of unbranched alkanes of at least 4 members (excludes halogenated alkanes) is 3. The molecule has 1 aliphatic rings. The van der Waals surface area contributed by atoms with Crippen molar-refractivity contribution in [3.8, 4) is 0 Å². The number of hydrogen-bond acceptors (Lipinski definition) is 6. The molecule has 1 aliphatic carbocycles. The lowest BCUT2D eigenvalue weighted by atomic mass is 10.1. The molecule has 0 fully saturated rings. The van der Waals surface area contributed by atoms with Gasteiger partial charge in [0.2, 0.25) is 11.9 Å². The largest absolute Gasteiger partial charge is 0.352 e. The van der Waals surface area contributed by atoms with Crippen LogP contribution in [0.1, 0.15) is 48.0 Å². The van der Waals surface area contributed by atoms with Gasteiger partial charge in [-0.05, 0) is 55.7 Å². The maximum atomic E-state index is 12.5. The number of rotatable bonds is 11. The van der Waals surface area contributed by atoms with E-state index in [9.17, 15) is 9.59 Å². The number of aryl methyl sites for hydroxylation is 1. The molecule has 1 aromatic heterocycles. The third-order valence-electron chi connectivity index (χ3n) is 5.30. The van der Waals surface area contributed by atoms with E-state index in [1.165, 1.54) is 12.4 Å². The Bertz CT molecular complexity index is 1190. The van der Waals surface area contributed by atoms with E-state index in [4.69, 9.17) is 5.21 Å². The van der Waals surface area contributed by atoms with E-state index < -0.39 is 0 Å². The molecule has 2 aromatic rings. The number of carbonyl (C=O) groups is 2. The Balaban J connectivity index is 1.66. The molecule has 8 nitrogen and oxygen atoms in total. The van der Waals surface area contributed by atoms with Gasteiger partial charge in [0.1, 0.15) is 0 Å². The highest BCUT2D eigenvalue weighted by molar-refractivity contribution is 5.93. The molecule has 0 saturated heterocycles. The maximum absolute atomic E-state index is 12.5. The average Bonchev–Trinajstić information content (AvgIpc) is 2.85. The first-order valence-corrected chi connectivity index (χ1v) is 11.5. The highest BCUT2D eigenvalue weighted by atomic mass is 16.5. The average molecular weight is 472 g/mol. The van der Waals surface area contributed by atoms with Gasteiger partial charge in [0.25, 0.3) is 5.91 Å². The lowest BCUT2D eigenvalue weighted by molar-refractivity contribution is -0.129. The Kier molecular flexibility index (Phi) is 9.78. The second kappa shape index (κ2) is 13.5. The number of hydroxylamine groups is 1. The van der Waals surface area contributed by atoms with Gasteiger partial charge in [-0.15, -0.1) is 5.73 Å². The molecular weight excluding hydrogens is 442 g/mol. The second-order valence-electron chi connectivity index (χ2n) is 7.90. The number of carbonyl (C=O) groups excluding carboxylic acids is 2. The summed E-state index contributed by atoms with van der Waals surface area (Å²) in [6, 6.07) is 7.93. The first-order chi connectivity index (χ1) is 17.1. The summed E-state index contributed by atoms with van der Waals surface area (Å²) in [6.07, 6.45) is 15.7. The lowest BCUT2D eigenvalue weighted by Crippen LogP contribution is -2.25. The van der Waals surface area contributed by atoms with Crippen molar-refractivity contribution >= 4 is 23.5 Å². The van der Waals surface area contributed by atoms with Crippen LogP contribution in [0.15, 0.2) is 84.2 Å². The van der Waals surface area contributed by atoms with Crippen LogP contribution in [0.2, 0.25) is 0 Å². The zero-order valence-corrected chi connectivity index (χ0v) is 19.7. The number of allylic oxidation sites excluding steroid dienone is 3. The van der Waals surface area contributed by atoms with Crippen LogP contribution in [-0.2, 0) is 4.79 Å². The van der Waals surface area contributed by atoms with Crippen molar-refractivity contribution in [1.29, 1.82) is 0 Å². The summed E-state index contributed by atoms with van der Waals surface area (Å²) in [7, 11) is 0. The molecule has 3 rings (SSSR count). The zero-order chi connectivity index (χ0) is 24.9. The molecular formula is C27H29N5O3. The fourth-order valence-electron chi connectivity index (χ4n) is 3.45. The number of benzene rings is 1. The number of anilines is 2. The number of amides is 2. The third-order valence-corrected chi connectivity index (χ3v) is 5.30. The summed E-state index contributed by atoms with van der Waals surface area (Å²) in [5.41, 5.74) is 11.0. The number of nitrogens with zero attached hydrogens (tertiary/aromatic N) is 3. The van der Waals surface area contributed by atoms with E-state index >= 15 is 0 Å². The normalized spacial score (nSPS) is 12.9. The Morgan fingerprint density at radius 1 is 1.03 bits per heavy atom. The topological polar surface area (TPSA) is 107 Å². The minimum Gasteiger partial charge on any atom is -0.352 e. The third kappa shape index (κ3) is 7.66. The highest BCUT2D eigenvalue weighted by Crippen LogP contribution is 2.30. The smallest absolute Gasteiger partial charge is 0.254 e. The van der Waals surface area contributed by atoms with Crippen molar-refractivity contribution in [2.24, 2.45) is 0 Å². The number of nitrogens with one attached hydrogen (secondary N) is 2. The van der Waals surface area contributed by atoms with E-state index in [1.807, 2.05) is 54.3 Å². The van der Waals surface area contributed by atoms with Crippen LogP contribution in [0.25, 0.3) is 0 Å². The van der Waals surface area contributed by atoms with Gasteiger partial charge >= 0.3 is 0 Å². The van der Waals surface area contributed by atoms with Crippen LogP contribution < -0.4 is 15.7 Å². The van der Waals surface area contributed by atoms with E-state index in [0.717, 1.165) is 36.2 Å². The van der Waals surface area contributed by atoms with Gasteiger partial charge in [-0.1, -0.05) is 42.8 Å². The predicted octanol–water partition coefficient (Wildman–Crippen LogP) is 4.43. The minimum absolute atomic E-state index is 0.237. The van der Waals surface area contributed by atoms with Gasteiger partial charge < -0.3 is 5.32 Å². The van der Waals surface area contributed by atoms with E-state index in [1.54, 1.807) is 17.6 Å². The molecule has 0 atom stereocenters. The molecule has 3 N–H and O–H groups in total. The fraction of sp³-hybridized carbons (Fsp3) is 0.259. The molecule has 8 heteroatoms. The Hall–Kier alpha value is -4.22. The molecule has 0 bridgehead atoms. The molecule has 2 amide bonds. The SMILES string of the molecule is Cc1ccccc1N(C1=C=CC=C=C/C=C\1)c1ncc(C(=O)NCCCCCCC(=O)NO)cn1. The van der Waals surface area contributed by atoms with Crippen molar-refractivity contribution in [1.82, 2.24) is 20.8 Å².